The third-order valence-corrected chi connectivity index (χ3v) is 4.79. The van der Waals surface area contributed by atoms with E-state index in [0.717, 1.165) is 12.5 Å². The number of guanidine groups is 2. The van der Waals surface area contributed by atoms with Crippen LogP contribution in [0.1, 0.15) is 42.5 Å². The number of hydrogen-bond acceptors (Lipinski definition) is 10. The number of carbonyl (C=O) groups is 1. The largest absolute Gasteiger partial charge is 0.478 e. The zero-order valence-corrected chi connectivity index (χ0v) is 14.6. The predicted molar refractivity (Wildman–Crippen MR) is 98.2 cm³/mol. The van der Waals surface area contributed by atoms with Gasteiger partial charge in [-0.05, 0) is 25.7 Å². The van der Waals surface area contributed by atoms with Crippen molar-refractivity contribution in [3.8, 4) is 0 Å². The molecule has 0 bridgehead atoms. The molecule has 5 N–H and O–H groups in total. The molecule has 1 aromatic carbocycles. The molecule has 2 aliphatic rings. The summed E-state index contributed by atoms with van der Waals surface area (Å²) in [5, 5.41) is 32.4. The molecule has 28 heavy (non-hydrogen) atoms. The van der Waals surface area contributed by atoms with Gasteiger partial charge in [0.15, 0.2) is 0 Å². The van der Waals surface area contributed by atoms with Crippen LogP contribution in [0.2, 0.25) is 0 Å². The van der Waals surface area contributed by atoms with Crippen LogP contribution in [0, 0.1) is 20.2 Å². The molecule has 0 unspecified atom stereocenters. The van der Waals surface area contributed by atoms with Crippen molar-refractivity contribution >= 4 is 35.0 Å². The van der Waals surface area contributed by atoms with Gasteiger partial charge < -0.3 is 16.6 Å². The van der Waals surface area contributed by atoms with E-state index in [0.29, 0.717) is 31.7 Å². The highest BCUT2D eigenvalue weighted by atomic mass is 16.6. The highest BCUT2D eigenvalue weighted by molar-refractivity contribution is 6.11. The Morgan fingerprint density at radius 3 is 2.32 bits per heavy atom. The lowest BCUT2D eigenvalue weighted by Gasteiger charge is -2.45. The number of aromatic carboxylic acids is 1. The lowest BCUT2D eigenvalue weighted by atomic mass is 9.86. The van der Waals surface area contributed by atoms with Crippen molar-refractivity contribution in [2.75, 3.05) is 4.90 Å². The average molecular weight is 391 g/mol. The number of benzene rings is 1. The van der Waals surface area contributed by atoms with Gasteiger partial charge in [0, 0.05) is 6.07 Å². The van der Waals surface area contributed by atoms with Gasteiger partial charge in [0.25, 0.3) is 5.69 Å². The first-order valence-electron chi connectivity index (χ1n) is 8.36. The number of aliphatic imine (C=N–C) groups is 2. The number of hydrogen-bond donors (Lipinski definition) is 3. The Hall–Kier alpha value is -3.77. The monoisotopic (exact) mass is 391 g/mol. The molecule has 0 saturated heterocycles. The second kappa shape index (κ2) is 6.75. The molecule has 1 aliphatic carbocycles. The van der Waals surface area contributed by atoms with Crippen molar-refractivity contribution in [1.29, 1.82) is 0 Å². The van der Waals surface area contributed by atoms with Crippen LogP contribution in [0.5, 0.6) is 0 Å². The van der Waals surface area contributed by atoms with E-state index in [9.17, 15) is 30.1 Å². The maximum atomic E-state index is 11.8. The van der Waals surface area contributed by atoms with Crippen LogP contribution in [-0.4, -0.2) is 38.5 Å². The van der Waals surface area contributed by atoms with Gasteiger partial charge in [0.2, 0.25) is 11.9 Å². The summed E-state index contributed by atoms with van der Waals surface area (Å²) in [7, 11) is 0. The van der Waals surface area contributed by atoms with Crippen LogP contribution < -0.4 is 16.4 Å². The highest BCUT2D eigenvalue weighted by Gasteiger charge is 2.47. The lowest BCUT2D eigenvalue weighted by Crippen LogP contribution is -2.58. The van der Waals surface area contributed by atoms with Crippen LogP contribution >= 0.6 is 0 Å². The molecule has 0 amide bonds. The van der Waals surface area contributed by atoms with Crippen molar-refractivity contribution in [2.24, 2.45) is 21.5 Å². The third kappa shape index (κ3) is 3.06. The summed E-state index contributed by atoms with van der Waals surface area (Å²) >= 11 is 0. The Bertz CT molecular complexity index is 900. The molecule has 13 heteroatoms. The van der Waals surface area contributed by atoms with E-state index in [1.54, 1.807) is 0 Å². The van der Waals surface area contributed by atoms with Gasteiger partial charge >= 0.3 is 11.7 Å². The smallest absolute Gasteiger partial charge is 0.338 e. The molecule has 0 radical (unpaired) electrons. The van der Waals surface area contributed by atoms with E-state index in [2.05, 4.69) is 9.98 Å². The van der Waals surface area contributed by atoms with Crippen LogP contribution in [-0.2, 0) is 0 Å². The normalized spacial score (nSPS) is 18.4. The molecule has 148 valence electrons. The van der Waals surface area contributed by atoms with Gasteiger partial charge in [0.05, 0.1) is 21.5 Å². The second-order valence-corrected chi connectivity index (χ2v) is 6.50. The van der Waals surface area contributed by atoms with Gasteiger partial charge in [-0.3, -0.25) is 25.1 Å². The summed E-state index contributed by atoms with van der Waals surface area (Å²) in [6.45, 7) is 0. The Morgan fingerprint density at radius 2 is 1.79 bits per heavy atom. The molecule has 1 aromatic rings. The van der Waals surface area contributed by atoms with E-state index in [1.165, 1.54) is 4.90 Å². The maximum absolute atomic E-state index is 11.8. The van der Waals surface area contributed by atoms with E-state index < -0.39 is 44.1 Å². The molecular weight excluding hydrogens is 374 g/mol. The van der Waals surface area contributed by atoms with Crippen molar-refractivity contribution in [3.63, 3.8) is 0 Å². The van der Waals surface area contributed by atoms with Gasteiger partial charge in [-0.15, -0.1) is 0 Å². The number of carboxylic acids is 1. The number of anilines is 1. The first kappa shape index (κ1) is 19.0. The first-order chi connectivity index (χ1) is 13.2. The van der Waals surface area contributed by atoms with Crippen LogP contribution in [0.25, 0.3) is 0 Å². The number of carboxylic acid groups (broad SMARTS) is 1. The maximum Gasteiger partial charge on any atom is 0.338 e. The molecule has 1 heterocycles. The van der Waals surface area contributed by atoms with E-state index >= 15 is 0 Å². The molecule has 1 fully saturated rings. The fourth-order valence-electron chi connectivity index (χ4n) is 3.69. The van der Waals surface area contributed by atoms with Crippen LogP contribution in [0.3, 0.4) is 0 Å². The lowest BCUT2D eigenvalue weighted by molar-refractivity contribution is -0.393. The average Bonchev–Trinajstić information content (AvgIpc) is 2.60. The SMILES string of the molecule is NC1=NC2(CCCCC2)N(c2c(C(=O)O)cc([N+](=O)[O-])cc2[N+](=O)[O-])C(N)=N1. The van der Waals surface area contributed by atoms with Gasteiger partial charge in [0.1, 0.15) is 11.4 Å². The highest BCUT2D eigenvalue weighted by Crippen LogP contribution is 2.45. The van der Waals surface area contributed by atoms with E-state index in [4.69, 9.17) is 11.5 Å². The third-order valence-electron chi connectivity index (χ3n) is 4.79. The van der Waals surface area contributed by atoms with Crippen LogP contribution in [0.15, 0.2) is 22.1 Å². The zero-order valence-electron chi connectivity index (χ0n) is 14.6. The fraction of sp³-hybridized carbons (Fsp3) is 0.400. The minimum absolute atomic E-state index is 0.114. The minimum Gasteiger partial charge on any atom is -0.478 e. The molecule has 1 aliphatic heterocycles. The number of nitro benzene ring substituents is 2. The summed E-state index contributed by atoms with van der Waals surface area (Å²) < 4.78 is 0. The number of nitro groups is 2. The standard InChI is InChI=1S/C15H17N7O6/c16-13-18-14(17)20(15(19-13)4-2-1-3-5-15)11-9(12(23)24)6-8(21(25)26)7-10(11)22(27)28/h6-7H,1-5H2,(H,23,24)(H4,16,17,18,19). The molecule has 1 saturated carbocycles. The van der Waals surface area contributed by atoms with Gasteiger partial charge in [-0.1, -0.05) is 6.42 Å². The number of non-ortho nitro benzene ring substituents is 1. The second-order valence-electron chi connectivity index (χ2n) is 6.50. The molecule has 0 atom stereocenters. The summed E-state index contributed by atoms with van der Waals surface area (Å²) in [6.07, 6.45) is 3.15. The summed E-state index contributed by atoms with van der Waals surface area (Å²) in [5.74, 6) is -1.95. The topological polar surface area (TPSA) is 204 Å². The van der Waals surface area contributed by atoms with Crippen LogP contribution in [0.4, 0.5) is 17.1 Å². The fourth-order valence-corrected chi connectivity index (χ4v) is 3.69. The van der Waals surface area contributed by atoms with Gasteiger partial charge in [-0.25, -0.2) is 9.79 Å². The number of nitrogens with two attached hydrogens (primary N) is 2. The Morgan fingerprint density at radius 1 is 1.14 bits per heavy atom. The predicted octanol–water partition coefficient (Wildman–Crippen LogP) is 1.31. The summed E-state index contributed by atoms with van der Waals surface area (Å²) in [5.41, 5.74) is 8.08. The van der Waals surface area contributed by atoms with Crippen molar-refractivity contribution in [2.45, 2.75) is 37.8 Å². The van der Waals surface area contributed by atoms with Gasteiger partial charge in [-0.2, -0.15) is 4.99 Å². The quantitative estimate of drug-likeness (QED) is 0.499. The van der Waals surface area contributed by atoms with Crippen molar-refractivity contribution in [1.82, 2.24) is 0 Å². The Kier molecular flexibility index (Phi) is 4.58. The zero-order chi connectivity index (χ0) is 20.6. The number of nitrogens with zero attached hydrogens (tertiary/aromatic N) is 5. The number of rotatable bonds is 4. The summed E-state index contributed by atoms with van der Waals surface area (Å²) in [4.78, 5) is 42.2. The molecule has 1 spiro atoms. The Balaban J connectivity index is 2.34. The van der Waals surface area contributed by atoms with Crippen molar-refractivity contribution < 1.29 is 19.7 Å². The molecule has 0 aromatic heterocycles. The minimum atomic E-state index is -1.58. The summed E-state index contributed by atoms with van der Waals surface area (Å²) in [6, 6.07) is 1.46. The van der Waals surface area contributed by atoms with E-state index in [1.807, 2.05) is 0 Å². The van der Waals surface area contributed by atoms with Crippen molar-refractivity contribution in [3.05, 3.63) is 37.9 Å². The molecule has 13 nitrogen and oxygen atoms in total. The Labute approximate surface area is 157 Å². The van der Waals surface area contributed by atoms with E-state index in [-0.39, 0.29) is 11.9 Å². The first-order valence-corrected chi connectivity index (χ1v) is 8.36. The molecular formula is C15H17N7O6. The molecule has 3 rings (SSSR count).